The Kier molecular flexibility index (Phi) is 3.95. The normalized spacial score (nSPS) is 16.5. The number of likely N-dealkylation sites (tertiary alicyclic amines) is 1. The summed E-state index contributed by atoms with van der Waals surface area (Å²) in [5.74, 6) is 0. The maximum Gasteiger partial charge on any atom is 0.324 e. The van der Waals surface area contributed by atoms with E-state index in [0.717, 1.165) is 25.9 Å². The number of ether oxygens (including phenoxy) is 1. The van der Waals surface area contributed by atoms with E-state index in [9.17, 15) is 4.79 Å². The zero-order valence-corrected chi connectivity index (χ0v) is 8.52. The zero-order valence-electron chi connectivity index (χ0n) is 7.71. The summed E-state index contributed by atoms with van der Waals surface area (Å²) in [6, 6.07) is -0.147. The van der Waals surface area contributed by atoms with E-state index in [-0.39, 0.29) is 11.2 Å². The Morgan fingerprint density at radius 1 is 1.38 bits per heavy atom. The molecule has 1 saturated heterocycles. The molecule has 0 radical (unpaired) electrons. The first-order valence-electron chi connectivity index (χ1n) is 4.38. The molecule has 1 rings (SSSR count). The van der Waals surface area contributed by atoms with Gasteiger partial charge < -0.3 is 9.64 Å². The molecule has 4 nitrogen and oxygen atoms in total. The Morgan fingerprint density at radius 3 is 2.54 bits per heavy atom. The van der Waals surface area contributed by atoms with Crippen LogP contribution in [0.4, 0.5) is 4.79 Å². The summed E-state index contributed by atoms with van der Waals surface area (Å²) >= 11 is 4.72. The first-order valence-corrected chi connectivity index (χ1v) is 4.78. The van der Waals surface area contributed by atoms with Crippen LogP contribution in [0.3, 0.4) is 0 Å². The van der Waals surface area contributed by atoms with E-state index < -0.39 is 0 Å². The quantitative estimate of drug-likeness (QED) is 0.598. The fourth-order valence-corrected chi connectivity index (χ4v) is 1.40. The third-order valence-corrected chi connectivity index (χ3v) is 2.31. The fraction of sp³-hybridized carbons (Fsp3) is 0.750. The van der Waals surface area contributed by atoms with Crippen LogP contribution in [0.2, 0.25) is 0 Å². The van der Waals surface area contributed by atoms with Crippen LogP contribution in [0.15, 0.2) is 0 Å². The number of carbonyl (C=O) groups excluding carboxylic acids is 1. The molecule has 1 heterocycles. The highest BCUT2D eigenvalue weighted by atomic mass is 32.1. The van der Waals surface area contributed by atoms with Gasteiger partial charge in [0.1, 0.15) is 0 Å². The predicted octanol–water partition coefficient (Wildman–Crippen LogP) is 1.11. The summed E-state index contributed by atoms with van der Waals surface area (Å²) < 4.78 is 4.68. The molecule has 1 fully saturated rings. The Balaban J connectivity index is 2.33. The van der Waals surface area contributed by atoms with Crippen LogP contribution in [0.1, 0.15) is 19.3 Å². The number of carbonyl (C=O) groups is 1. The largest absolute Gasteiger partial charge is 0.474 e. The zero-order chi connectivity index (χ0) is 9.68. The summed E-state index contributed by atoms with van der Waals surface area (Å²) in [6.07, 6.45) is 3.36. The van der Waals surface area contributed by atoms with Gasteiger partial charge in [0.05, 0.1) is 7.11 Å². The van der Waals surface area contributed by atoms with E-state index in [1.165, 1.54) is 13.5 Å². The van der Waals surface area contributed by atoms with Crippen molar-refractivity contribution >= 4 is 23.4 Å². The highest BCUT2D eigenvalue weighted by molar-refractivity contribution is 7.80. The van der Waals surface area contributed by atoms with Crippen molar-refractivity contribution in [3.8, 4) is 0 Å². The van der Waals surface area contributed by atoms with Gasteiger partial charge in [-0.2, -0.15) is 0 Å². The highest BCUT2D eigenvalue weighted by Gasteiger charge is 2.16. The van der Waals surface area contributed by atoms with Crippen LogP contribution in [-0.4, -0.2) is 36.3 Å². The van der Waals surface area contributed by atoms with E-state index in [2.05, 4.69) is 10.1 Å². The Hall–Kier alpha value is -0.840. The van der Waals surface area contributed by atoms with Crippen molar-refractivity contribution in [1.29, 1.82) is 0 Å². The lowest BCUT2D eigenvalue weighted by atomic mass is 10.1. The molecule has 0 saturated carbocycles. The molecule has 74 valence electrons. The van der Waals surface area contributed by atoms with Crippen LogP contribution in [0, 0.1) is 0 Å². The molecule has 13 heavy (non-hydrogen) atoms. The molecule has 5 heteroatoms. The Bertz CT molecular complexity index is 202. The van der Waals surface area contributed by atoms with Crippen LogP contribution >= 0.6 is 12.2 Å². The van der Waals surface area contributed by atoms with Crippen LogP contribution in [0.25, 0.3) is 0 Å². The number of rotatable bonds is 0. The smallest absolute Gasteiger partial charge is 0.324 e. The van der Waals surface area contributed by atoms with Crippen molar-refractivity contribution in [3.05, 3.63) is 0 Å². The van der Waals surface area contributed by atoms with Gasteiger partial charge >= 0.3 is 6.03 Å². The first kappa shape index (κ1) is 10.2. The summed E-state index contributed by atoms with van der Waals surface area (Å²) in [4.78, 5) is 13.2. The number of nitrogens with zero attached hydrogens (tertiary/aromatic N) is 1. The topological polar surface area (TPSA) is 41.6 Å². The average molecular weight is 202 g/mol. The van der Waals surface area contributed by atoms with Gasteiger partial charge in [-0.1, -0.05) is 0 Å². The number of hydrogen-bond donors (Lipinski definition) is 1. The molecule has 2 amide bonds. The summed E-state index contributed by atoms with van der Waals surface area (Å²) in [5.41, 5.74) is 0. The van der Waals surface area contributed by atoms with Crippen molar-refractivity contribution in [2.24, 2.45) is 0 Å². The minimum absolute atomic E-state index is 0.135. The second kappa shape index (κ2) is 5.01. The van der Waals surface area contributed by atoms with E-state index in [1.807, 2.05) is 0 Å². The molecule has 0 bridgehead atoms. The maximum atomic E-state index is 11.4. The van der Waals surface area contributed by atoms with Gasteiger partial charge in [-0.05, 0) is 31.5 Å². The molecular weight excluding hydrogens is 188 g/mol. The number of hydrogen-bond acceptors (Lipinski definition) is 3. The number of amides is 2. The molecule has 0 aromatic carbocycles. The van der Waals surface area contributed by atoms with Gasteiger partial charge in [0.15, 0.2) is 0 Å². The molecule has 1 aliphatic rings. The Labute approximate surface area is 83.2 Å². The molecule has 0 aromatic heterocycles. The lowest BCUT2D eigenvalue weighted by molar-refractivity contribution is 0.189. The number of thiocarbonyl (C=S) groups is 1. The molecule has 0 aliphatic carbocycles. The number of nitrogens with one attached hydrogen (secondary N) is 1. The molecule has 0 unspecified atom stereocenters. The molecule has 1 N–H and O–H groups in total. The lowest BCUT2D eigenvalue weighted by Gasteiger charge is -2.26. The third-order valence-electron chi connectivity index (χ3n) is 2.04. The number of urea groups is 1. The molecule has 0 spiro atoms. The van der Waals surface area contributed by atoms with Gasteiger partial charge in [0, 0.05) is 13.1 Å². The highest BCUT2D eigenvalue weighted by Crippen LogP contribution is 2.08. The maximum absolute atomic E-state index is 11.4. The van der Waals surface area contributed by atoms with Gasteiger partial charge in [-0.25, -0.2) is 4.79 Å². The monoisotopic (exact) mass is 202 g/mol. The van der Waals surface area contributed by atoms with E-state index in [1.54, 1.807) is 4.90 Å². The van der Waals surface area contributed by atoms with Crippen molar-refractivity contribution in [3.63, 3.8) is 0 Å². The summed E-state index contributed by atoms with van der Waals surface area (Å²) in [6.45, 7) is 1.64. The molecule has 0 aromatic rings. The minimum atomic E-state index is -0.147. The SMILES string of the molecule is COC(=S)NC(=O)N1CCCCC1. The summed E-state index contributed by atoms with van der Waals surface area (Å²) in [5, 5.41) is 2.63. The third kappa shape index (κ3) is 3.18. The van der Waals surface area contributed by atoms with E-state index in [4.69, 9.17) is 12.2 Å². The lowest BCUT2D eigenvalue weighted by Crippen LogP contribution is -2.44. The summed E-state index contributed by atoms with van der Waals surface area (Å²) in [7, 11) is 1.44. The van der Waals surface area contributed by atoms with Crippen molar-refractivity contribution in [2.45, 2.75) is 19.3 Å². The van der Waals surface area contributed by atoms with Gasteiger partial charge in [-0.3, -0.25) is 5.32 Å². The van der Waals surface area contributed by atoms with E-state index in [0.29, 0.717) is 0 Å². The second-order valence-electron chi connectivity index (χ2n) is 2.97. The fourth-order valence-electron chi connectivity index (χ4n) is 1.31. The number of piperidine rings is 1. The second-order valence-corrected chi connectivity index (χ2v) is 3.34. The van der Waals surface area contributed by atoms with Gasteiger partial charge in [0.25, 0.3) is 5.17 Å². The standard InChI is InChI=1S/C8H14N2O2S/c1-12-8(13)9-7(11)10-5-3-2-4-6-10/h2-6H2,1H3,(H,9,11,13). The molecule has 1 aliphatic heterocycles. The first-order chi connectivity index (χ1) is 6.24. The average Bonchev–Trinajstić information content (AvgIpc) is 2.19. The number of methoxy groups -OCH3 is 1. The van der Waals surface area contributed by atoms with Crippen molar-refractivity contribution in [2.75, 3.05) is 20.2 Å². The van der Waals surface area contributed by atoms with Crippen LogP contribution in [-0.2, 0) is 4.74 Å². The molecular formula is C8H14N2O2S. The van der Waals surface area contributed by atoms with E-state index >= 15 is 0 Å². The predicted molar refractivity (Wildman–Crippen MR) is 53.6 cm³/mol. The van der Waals surface area contributed by atoms with Crippen LogP contribution < -0.4 is 5.32 Å². The molecule has 0 atom stereocenters. The van der Waals surface area contributed by atoms with Crippen molar-refractivity contribution in [1.82, 2.24) is 10.2 Å². The van der Waals surface area contributed by atoms with Gasteiger partial charge in [-0.15, -0.1) is 0 Å². The minimum Gasteiger partial charge on any atom is -0.474 e. The van der Waals surface area contributed by atoms with Crippen molar-refractivity contribution < 1.29 is 9.53 Å². The Morgan fingerprint density at radius 2 is 2.00 bits per heavy atom. The van der Waals surface area contributed by atoms with Gasteiger partial charge in [0.2, 0.25) is 0 Å². The van der Waals surface area contributed by atoms with Crippen LogP contribution in [0.5, 0.6) is 0 Å².